The van der Waals surface area contributed by atoms with E-state index in [1.165, 1.54) is 12.1 Å². The molecule has 0 bridgehead atoms. The average Bonchev–Trinajstić information content (AvgIpc) is 3.19. The van der Waals surface area contributed by atoms with Gasteiger partial charge in [-0.3, -0.25) is 14.9 Å². The number of halogens is 1. The van der Waals surface area contributed by atoms with Crippen molar-refractivity contribution in [1.82, 2.24) is 5.32 Å². The SMILES string of the molecule is NC(=O)C(COc1cccc([N+](=O)[O-])c1Br)NC1CC1. The van der Waals surface area contributed by atoms with Gasteiger partial charge in [-0.1, -0.05) is 6.07 Å². The number of carbonyl (C=O) groups excluding carboxylic acids is 1. The Balaban J connectivity index is 2.03. The molecule has 1 aliphatic carbocycles. The molecule has 20 heavy (non-hydrogen) atoms. The van der Waals surface area contributed by atoms with Gasteiger partial charge in [-0.05, 0) is 34.8 Å². The van der Waals surface area contributed by atoms with E-state index in [1.54, 1.807) is 6.07 Å². The van der Waals surface area contributed by atoms with Crippen LogP contribution in [-0.2, 0) is 4.79 Å². The number of nitrogens with two attached hydrogens (primary N) is 1. The monoisotopic (exact) mass is 343 g/mol. The van der Waals surface area contributed by atoms with Crippen molar-refractivity contribution in [3.63, 3.8) is 0 Å². The highest BCUT2D eigenvalue weighted by molar-refractivity contribution is 9.10. The Morgan fingerprint density at radius 1 is 1.60 bits per heavy atom. The lowest BCUT2D eigenvalue weighted by Crippen LogP contribution is -2.46. The first-order valence-electron chi connectivity index (χ1n) is 6.10. The number of carbonyl (C=O) groups is 1. The lowest BCUT2D eigenvalue weighted by atomic mass is 10.3. The molecule has 0 radical (unpaired) electrons. The van der Waals surface area contributed by atoms with E-state index in [4.69, 9.17) is 10.5 Å². The second-order valence-electron chi connectivity index (χ2n) is 4.55. The van der Waals surface area contributed by atoms with Crippen LogP contribution in [0, 0.1) is 10.1 Å². The van der Waals surface area contributed by atoms with Crippen molar-refractivity contribution in [3.8, 4) is 5.75 Å². The molecule has 1 aromatic carbocycles. The second-order valence-corrected chi connectivity index (χ2v) is 5.35. The molecule has 7 nitrogen and oxygen atoms in total. The van der Waals surface area contributed by atoms with Gasteiger partial charge in [0.1, 0.15) is 22.9 Å². The van der Waals surface area contributed by atoms with Crippen molar-refractivity contribution in [2.24, 2.45) is 5.73 Å². The maximum atomic E-state index is 11.3. The van der Waals surface area contributed by atoms with Gasteiger partial charge >= 0.3 is 0 Å². The summed E-state index contributed by atoms with van der Waals surface area (Å²) in [4.78, 5) is 21.6. The van der Waals surface area contributed by atoms with E-state index < -0.39 is 16.9 Å². The van der Waals surface area contributed by atoms with Crippen LogP contribution in [0.1, 0.15) is 12.8 Å². The summed E-state index contributed by atoms with van der Waals surface area (Å²) in [5.74, 6) is -0.193. The van der Waals surface area contributed by atoms with Crippen LogP contribution in [0.15, 0.2) is 22.7 Å². The summed E-state index contributed by atoms with van der Waals surface area (Å²) in [6.45, 7) is 0.0333. The molecule has 1 aliphatic rings. The van der Waals surface area contributed by atoms with Crippen LogP contribution in [0.25, 0.3) is 0 Å². The number of amides is 1. The number of nitrogens with zero attached hydrogens (tertiary/aromatic N) is 1. The Hall–Kier alpha value is -1.67. The van der Waals surface area contributed by atoms with Crippen molar-refractivity contribution in [2.75, 3.05) is 6.61 Å². The van der Waals surface area contributed by atoms with E-state index in [9.17, 15) is 14.9 Å². The molecular formula is C12H14BrN3O4. The number of nitro benzene ring substituents is 1. The Labute approximate surface area is 123 Å². The average molecular weight is 344 g/mol. The van der Waals surface area contributed by atoms with Crippen LogP contribution in [0.4, 0.5) is 5.69 Å². The number of nitro groups is 1. The fraction of sp³-hybridized carbons (Fsp3) is 0.417. The number of nitrogens with one attached hydrogen (secondary N) is 1. The number of ether oxygens (including phenoxy) is 1. The van der Waals surface area contributed by atoms with E-state index in [-0.39, 0.29) is 16.8 Å². The molecule has 1 unspecified atom stereocenters. The molecule has 1 aromatic rings. The molecule has 0 spiro atoms. The highest BCUT2D eigenvalue weighted by Crippen LogP contribution is 2.33. The van der Waals surface area contributed by atoms with E-state index >= 15 is 0 Å². The van der Waals surface area contributed by atoms with Crippen LogP contribution in [0.2, 0.25) is 0 Å². The van der Waals surface area contributed by atoms with Crippen LogP contribution < -0.4 is 15.8 Å². The second kappa shape index (κ2) is 6.19. The third kappa shape index (κ3) is 3.67. The van der Waals surface area contributed by atoms with Gasteiger partial charge in [-0.25, -0.2) is 0 Å². The van der Waals surface area contributed by atoms with Crippen LogP contribution in [0.3, 0.4) is 0 Å². The third-order valence-corrected chi connectivity index (χ3v) is 3.70. The Kier molecular flexibility index (Phi) is 4.56. The molecule has 0 aliphatic heterocycles. The first-order valence-corrected chi connectivity index (χ1v) is 6.89. The number of hydrogen-bond donors (Lipinski definition) is 2. The van der Waals surface area contributed by atoms with Crippen molar-refractivity contribution >= 4 is 27.5 Å². The first-order chi connectivity index (χ1) is 9.49. The summed E-state index contributed by atoms with van der Waals surface area (Å²) < 4.78 is 5.71. The first kappa shape index (κ1) is 14.7. The van der Waals surface area contributed by atoms with Gasteiger partial charge < -0.3 is 15.8 Å². The van der Waals surface area contributed by atoms with E-state index in [0.29, 0.717) is 11.8 Å². The van der Waals surface area contributed by atoms with Crippen LogP contribution >= 0.6 is 15.9 Å². The normalized spacial score (nSPS) is 15.7. The van der Waals surface area contributed by atoms with E-state index in [0.717, 1.165) is 12.8 Å². The lowest BCUT2D eigenvalue weighted by molar-refractivity contribution is -0.385. The molecule has 1 saturated carbocycles. The summed E-state index contributed by atoms with van der Waals surface area (Å²) in [6.07, 6.45) is 2.04. The minimum absolute atomic E-state index is 0.0333. The Morgan fingerprint density at radius 3 is 2.85 bits per heavy atom. The molecule has 1 atom stereocenters. The largest absolute Gasteiger partial charge is 0.490 e. The molecule has 8 heteroatoms. The van der Waals surface area contributed by atoms with Gasteiger partial charge in [-0.2, -0.15) is 0 Å². The topological polar surface area (TPSA) is 107 Å². The third-order valence-electron chi connectivity index (χ3n) is 2.90. The van der Waals surface area contributed by atoms with Gasteiger partial charge in [0.25, 0.3) is 5.69 Å². The molecule has 3 N–H and O–H groups in total. The van der Waals surface area contributed by atoms with E-state index in [1.807, 2.05) is 0 Å². The summed E-state index contributed by atoms with van der Waals surface area (Å²) in [5, 5.41) is 13.9. The molecule has 0 aromatic heterocycles. The van der Waals surface area contributed by atoms with Crippen molar-refractivity contribution in [1.29, 1.82) is 0 Å². The minimum atomic E-state index is -0.603. The summed E-state index contributed by atoms with van der Waals surface area (Å²) in [6, 6.07) is 4.18. The molecule has 0 saturated heterocycles. The van der Waals surface area contributed by atoms with E-state index in [2.05, 4.69) is 21.2 Å². The number of benzene rings is 1. The maximum Gasteiger partial charge on any atom is 0.287 e. The van der Waals surface area contributed by atoms with Gasteiger partial charge in [-0.15, -0.1) is 0 Å². The van der Waals surface area contributed by atoms with Crippen LogP contribution in [-0.4, -0.2) is 29.5 Å². The van der Waals surface area contributed by atoms with Crippen LogP contribution in [0.5, 0.6) is 5.75 Å². The fourth-order valence-corrected chi connectivity index (χ4v) is 2.20. The lowest BCUT2D eigenvalue weighted by Gasteiger charge is -2.16. The number of primary amides is 1. The predicted octanol–water partition coefficient (Wildman–Crippen LogP) is 1.34. The molecule has 108 valence electrons. The summed E-state index contributed by atoms with van der Waals surface area (Å²) in [5.41, 5.74) is 5.20. The zero-order chi connectivity index (χ0) is 14.7. The standard InChI is InChI=1S/C12H14BrN3O4/c13-11-9(16(18)19)2-1-3-10(11)20-6-8(12(14)17)15-7-4-5-7/h1-3,7-8,15H,4-6H2,(H2,14,17). The summed E-state index contributed by atoms with van der Waals surface area (Å²) in [7, 11) is 0. The highest BCUT2D eigenvalue weighted by Gasteiger charge is 2.28. The smallest absolute Gasteiger partial charge is 0.287 e. The summed E-state index contributed by atoms with van der Waals surface area (Å²) >= 11 is 3.13. The predicted molar refractivity (Wildman–Crippen MR) is 75.4 cm³/mol. The Morgan fingerprint density at radius 2 is 2.30 bits per heavy atom. The van der Waals surface area contributed by atoms with Crippen molar-refractivity contribution < 1.29 is 14.5 Å². The zero-order valence-electron chi connectivity index (χ0n) is 10.5. The van der Waals surface area contributed by atoms with Gasteiger partial charge in [0.05, 0.1) is 4.92 Å². The molecule has 1 fully saturated rings. The number of rotatable bonds is 7. The highest BCUT2D eigenvalue weighted by atomic mass is 79.9. The number of hydrogen-bond acceptors (Lipinski definition) is 5. The van der Waals surface area contributed by atoms with Crippen molar-refractivity contribution in [3.05, 3.63) is 32.8 Å². The fourth-order valence-electron chi connectivity index (χ4n) is 1.67. The quantitative estimate of drug-likeness (QED) is 0.573. The minimum Gasteiger partial charge on any atom is -0.490 e. The van der Waals surface area contributed by atoms with Gasteiger partial charge in [0.15, 0.2) is 0 Å². The Bertz CT molecular complexity index is 533. The molecule has 0 heterocycles. The molecular weight excluding hydrogens is 330 g/mol. The zero-order valence-corrected chi connectivity index (χ0v) is 12.1. The van der Waals surface area contributed by atoms with Gasteiger partial charge in [0, 0.05) is 12.1 Å². The van der Waals surface area contributed by atoms with Crippen molar-refractivity contribution in [2.45, 2.75) is 24.9 Å². The maximum absolute atomic E-state index is 11.3. The molecule has 2 rings (SSSR count). The molecule has 1 amide bonds. The van der Waals surface area contributed by atoms with Gasteiger partial charge in [0.2, 0.25) is 5.91 Å².